The highest BCUT2D eigenvalue weighted by molar-refractivity contribution is 7.13. The van der Waals surface area contributed by atoms with Gasteiger partial charge in [-0.15, -0.1) is 11.3 Å². The van der Waals surface area contributed by atoms with Crippen molar-refractivity contribution < 1.29 is 13.6 Å². The Morgan fingerprint density at radius 2 is 1.96 bits per heavy atom. The van der Waals surface area contributed by atoms with Gasteiger partial charge in [0.2, 0.25) is 5.91 Å². The third-order valence-electron chi connectivity index (χ3n) is 4.78. The molecule has 6 heteroatoms. The summed E-state index contributed by atoms with van der Waals surface area (Å²) in [5, 5.41) is 2.55. The number of benzene rings is 2. The van der Waals surface area contributed by atoms with Crippen molar-refractivity contribution in [2.75, 3.05) is 6.54 Å². The van der Waals surface area contributed by atoms with Gasteiger partial charge in [0.05, 0.1) is 18.2 Å². The van der Waals surface area contributed by atoms with E-state index < -0.39 is 0 Å². The molecular weight excluding hydrogens is 366 g/mol. The molecule has 1 aromatic heterocycles. The highest BCUT2D eigenvalue weighted by Gasteiger charge is 2.30. The van der Waals surface area contributed by atoms with E-state index in [1.54, 1.807) is 24.3 Å². The van der Waals surface area contributed by atoms with Gasteiger partial charge in [-0.3, -0.25) is 4.79 Å². The Morgan fingerprint density at radius 3 is 2.74 bits per heavy atom. The molecule has 0 saturated carbocycles. The van der Waals surface area contributed by atoms with E-state index in [0.717, 1.165) is 18.4 Å². The third kappa shape index (κ3) is 3.90. The van der Waals surface area contributed by atoms with Gasteiger partial charge in [0.15, 0.2) is 0 Å². The summed E-state index contributed by atoms with van der Waals surface area (Å²) in [4.78, 5) is 19.2. The number of carbonyl (C=O) groups is 1. The van der Waals surface area contributed by atoms with Crippen LogP contribution in [0, 0.1) is 11.6 Å². The largest absolute Gasteiger partial charge is 0.335 e. The van der Waals surface area contributed by atoms with Crippen molar-refractivity contribution in [3.05, 3.63) is 76.8 Å². The van der Waals surface area contributed by atoms with Crippen molar-refractivity contribution in [1.82, 2.24) is 9.88 Å². The van der Waals surface area contributed by atoms with Crippen LogP contribution in [-0.4, -0.2) is 22.3 Å². The summed E-state index contributed by atoms with van der Waals surface area (Å²) in [5.41, 5.74) is 2.36. The highest BCUT2D eigenvalue weighted by Crippen LogP contribution is 2.33. The lowest BCUT2D eigenvalue weighted by atomic mass is 10.0. The minimum absolute atomic E-state index is 0.0120. The number of hydrogen-bond donors (Lipinski definition) is 0. The molecule has 0 radical (unpaired) electrons. The van der Waals surface area contributed by atoms with E-state index in [-0.39, 0.29) is 30.0 Å². The highest BCUT2D eigenvalue weighted by atomic mass is 32.1. The predicted molar refractivity (Wildman–Crippen MR) is 101 cm³/mol. The first-order valence-corrected chi connectivity index (χ1v) is 9.73. The maximum absolute atomic E-state index is 13.4. The molecule has 1 aliphatic heterocycles. The van der Waals surface area contributed by atoms with Crippen LogP contribution in [0.3, 0.4) is 0 Å². The number of thiazole rings is 1. The van der Waals surface area contributed by atoms with Gasteiger partial charge in [-0.05, 0) is 42.7 Å². The minimum atomic E-state index is -0.306. The van der Waals surface area contributed by atoms with Crippen molar-refractivity contribution in [1.29, 1.82) is 0 Å². The van der Waals surface area contributed by atoms with Gasteiger partial charge in [0.1, 0.15) is 16.6 Å². The topological polar surface area (TPSA) is 33.2 Å². The molecule has 0 aliphatic carbocycles. The fourth-order valence-electron chi connectivity index (χ4n) is 3.50. The van der Waals surface area contributed by atoms with Crippen LogP contribution < -0.4 is 0 Å². The lowest BCUT2D eigenvalue weighted by Crippen LogP contribution is -2.31. The van der Waals surface area contributed by atoms with Crippen molar-refractivity contribution in [3.63, 3.8) is 0 Å². The zero-order valence-corrected chi connectivity index (χ0v) is 15.4. The molecule has 3 nitrogen and oxygen atoms in total. The molecule has 3 aromatic rings. The number of likely N-dealkylation sites (tertiary alicyclic amines) is 1. The fraction of sp³-hybridized carbons (Fsp3) is 0.238. The van der Waals surface area contributed by atoms with Gasteiger partial charge < -0.3 is 4.90 Å². The lowest BCUT2D eigenvalue weighted by molar-refractivity contribution is -0.131. The van der Waals surface area contributed by atoms with Gasteiger partial charge in [-0.25, -0.2) is 13.8 Å². The smallest absolute Gasteiger partial charge is 0.229 e. The van der Waals surface area contributed by atoms with Crippen LogP contribution in [0.15, 0.2) is 53.9 Å². The monoisotopic (exact) mass is 384 g/mol. The number of hydrogen-bond acceptors (Lipinski definition) is 3. The second-order valence-electron chi connectivity index (χ2n) is 6.63. The SMILES string of the molecule is O=C(Cc1csc(-c2cccc(F)c2)n1)N1CCCC1c1ccc(F)cc1. The molecule has 4 rings (SSSR count). The maximum Gasteiger partial charge on any atom is 0.229 e. The molecule has 1 atom stereocenters. The first-order chi connectivity index (χ1) is 13.1. The number of carbonyl (C=O) groups excluding carboxylic acids is 1. The molecule has 0 bridgehead atoms. The average molecular weight is 384 g/mol. The fourth-order valence-corrected chi connectivity index (χ4v) is 4.31. The van der Waals surface area contributed by atoms with Crippen LogP contribution in [0.1, 0.15) is 30.1 Å². The van der Waals surface area contributed by atoms with Crippen LogP contribution in [0.4, 0.5) is 8.78 Å². The quantitative estimate of drug-likeness (QED) is 0.635. The summed E-state index contributed by atoms with van der Waals surface area (Å²) in [6.45, 7) is 0.696. The number of rotatable bonds is 4. The predicted octanol–water partition coefficient (Wildman–Crippen LogP) is 4.99. The van der Waals surface area contributed by atoms with E-state index in [2.05, 4.69) is 4.98 Å². The van der Waals surface area contributed by atoms with E-state index in [0.29, 0.717) is 22.8 Å². The first kappa shape index (κ1) is 17.8. The van der Waals surface area contributed by atoms with Crippen molar-refractivity contribution in [2.45, 2.75) is 25.3 Å². The summed E-state index contributed by atoms with van der Waals surface area (Å²) in [6, 6.07) is 12.6. The molecule has 0 spiro atoms. The second-order valence-corrected chi connectivity index (χ2v) is 7.49. The van der Waals surface area contributed by atoms with Crippen LogP contribution in [0.5, 0.6) is 0 Å². The van der Waals surface area contributed by atoms with E-state index in [1.807, 2.05) is 10.3 Å². The van der Waals surface area contributed by atoms with Crippen molar-refractivity contribution in [3.8, 4) is 10.6 Å². The van der Waals surface area contributed by atoms with Gasteiger partial charge in [0.25, 0.3) is 0 Å². The Balaban J connectivity index is 1.48. The molecule has 2 aromatic carbocycles. The first-order valence-electron chi connectivity index (χ1n) is 8.85. The Kier molecular flexibility index (Phi) is 4.99. The molecule has 138 valence electrons. The van der Waals surface area contributed by atoms with Crippen LogP contribution in [-0.2, 0) is 11.2 Å². The number of nitrogens with zero attached hydrogens (tertiary/aromatic N) is 2. The molecule has 0 N–H and O–H groups in total. The van der Waals surface area contributed by atoms with E-state index in [1.165, 1.54) is 35.6 Å². The Labute approximate surface area is 160 Å². The van der Waals surface area contributed by atoms with Crippen LogP contribution in [0.2, 0.25) is 0 Å². The van der Waals surface area contributed by atoms with E-state index >= 15 is 0 Å². The number of halogens is 2. The molecule has 27 heavy (non-hydrogen) atoms. The summed E-state index contributed by atoms with van der Waals surface area (Å²) in [6.07, 6.45) is 2.02. The maximum atomic E-state index is 13.4. The van der Waals surface area contributed by atoms with Crippen molar-refractivity contribution in [2.24, 2.45) is 0 Å². The van der Waals surface area contributed by atoms with Crippen LogP contribution in [0.25, 0.3) is 10.6 Å². The molecular formula is C21H18F2N2OS. The summed E-state index contributed by atoms with van der Waals surface area (Å²) in [5.74, 6) is -0.570. The molecule has 2 heterocycles. The molecule has 1 amide bonds. The van der Waals surface area contributed by atoms with Gasteiger partial charge in [0, 0.05) is 17.5 Å². The van der Waals surface area contributed by atoms with Crippen LogP contribution >= 0.6 is 11.3 Å². The Hall–Kier alpha value is -2.60. The summed E-state index contributed by atoms with van der Waals surface area (Å²) in [7, 11) is 0. The summed E-state index contributed by atoms with van der Waals surface area (Å²) < 4.78 is 26.6. The van der Waals surface area contributed by atoms with E-state index in [4.69, 9.17) is 0 Å². The summed E-state index contributed by atoms with van der Waals surface area (Å²) >= 11 is 1.40. The minimum Gasteiger partial charge on any atom is -0.335 e. The van der Waals surface area contributed by atoms with Gasteiger partial charge in [-0.1, -0.05) is 24.3 Å². The molecule has 1 saturated heterocycles. The van der Waals surface area contributed by atoms with Crippen molar-refractivity contribution >= 4 is 17.2 Å². The normalized spacial score (nSPS) is 16.7. The number of aromatic nitrogens is 1. The number of amides is 1. The Morgan fingerprint density at radius 1 is 1.15 bits per heavy atom. The molecule has 1 unspecified atom stereocenters. The molecule has 1 aliphatic rings. The third-order valence-corrected chi connectivity index (χ3v) is 5.72. The molecule has 1 fully saturated rings. The Bertz CT molecular complexity index is 955. The average Bonchev–Trinajstić information content (AvgIpc) is 3.32. The zero-order chi connectivity index (χ0) is 18.8. The zero-order valence-electron chi connectivity index (χ0n) is 14.6. The van der Waals surface area contributed by atoms with Gasteiger partial charge >= 0.3 is 0 Å². The van der Waals surface area contributed by atoms with E-state index in [9.17, 15) is 13.6 Å². The second kappa shape index (κ2) is 7.56. The lowest BCUT2D eigenvalue weighted by Gasteiger charge is -2.25. The standard InChI is InChI=1S/C21H18F2N2OS/c22-16-8-6-14(7-9-16)19-5-2-10-25(19)20(26)12-18-13-27-21(24-18)15-3-1-4-17(23)11-15/h1,3-4,6-9,11,13,19H,2,5,10,12H2. The van der Waals surface area contributed by atoms with Gasteiger partial charge in [-0.2, -0.15) is 0 Å².